The van der Waals surface area contributed by atoms with Gasteiger partial charge in [0, 0.05) is 19.1 Å². The highest BCUT2D eigenvalue weighted by atomic mass is 32.2. The second kappa shape index (κ2) is 9.42. The van der Waals surface area contributed by atoms with E-state index in [0.717, 1.165) is 36.5 Å². The van der Waals surface area contributed by atoms with Gasteiger partial charge in [-0.2, -0.15) is 0 Å². The standard InChI is InChI=1S/C21H29N3O2S/c1-4-26-15(2)18-19(22-20(25)17-12-8-9-13-17)23-21(27-3)24(18)14-16-10-6-5-7-11-16/h5-7,10-11,15,17H,4,8-9,12-14H2,1-3H3,(H,22,25). The third-order valence-electron chi connectivity index (χ3n) is 5.11. The molecule has 1 unspecified atom stereocenters. The van der Waals surface area contributed by atoms with Crippen molar-refractivity contribution in [3.8, 4) is 0 Å². The maximum Gasteiger partial charge on any atom is 0.228 e. The Balaban J connectivity index is 1.94. The van der Waals surface area contributed by atoms with E-state index in [1.54, 1.807) is 11.8 Å². The number of ether oxygens (including phenoxy) is 1. The SMILES string of the molecule is CCOC(C)c1c(NC(=O)C2CCCC2)nc(SC)n1Cc1ccccc1. The molecular weight excluding hydrogens is 358 g/mol. The first-order chi connectivity index (χ1) is 13.1. The predicted octanol–water partition coefficient (Wildman–Crippen LogP) is 4.88. The van der Waals surface area contributed by atoms with Crippen LogP contribution in [0.2, 0.25) is 0 Å². The lowest BCUT2D eigenvalue weighted by molar-refractivity contribution is -0.119. The highest BCUT2D eigenvalue weighted by molar-refractivity contribution is 7.98. The van der Waals surface area contributed by atoms with Crippen LogP contribution in [0.15, 0.2) is 35.5 Å². The van der Waals surface area contributed by atoms with Crippen LogP contribution in [-0.4, -0.2) is 28.3 Å². The molecule has 146 valence electrons. The van der Waals surface area contributed by atoms with Crippen molar-refractivity contribution >= 4 is 23.5 Å². The van der Waals surface area contributed by atoms with Crippen molar-refractivity contribution in [1.29, 1.82) is 0 Å². The molecule has 0 radical (unpaired) electrons. The van der Waals surface area contributed by atoms with E-state index >= 15 is 0 Å². The summed E-state index contributed by atoms with van der Waals surface area (Å²) >= 11 is 1.59. The molecule has 2 aromatic rings. The Morgan fingerprint density at radius 2 is 2.04 bits per heavy atom. The molecule has 1 aliphatic carbocycles. The van der Waals surface area contributed by atoms with Crippen molar-refractivity contribution in [2.24, 2.45) is 5.92 Å². The van der Waals surface area contributed by atoms with Crippen LogP contribution in [0.5, 0.6) is 0 Å². The van der Waals surface area contributed by atoms with E-state index in [1.807, 2.05) is 38.3 Å². The molecule has 0 saturated heterocycles. The van der Waals surface area contributed by atoms with Crippen LogP contribution in [0.3, 0.4) is 0 Å². The summed E-state index contributed by atoms with van der Waals surface area (Å²) in [6.45, 7) is 5.33. The minimum absolute atomic E-state index is 0.0921. The van der Waals surface area contributed by atoms with Crippen LogP contribution in [-0.2, 0) is 16.1 Å². The third kappa shape index (κ3) is 4.74. The number of nitrogens with zero attached hydrogens (tertiary/aromatic N) is 2. The molecule has 1 aromatic carbocycles. The molecule has 1 fully saturated rings. The minimum Gasteiger partial charge on any atom is -0.372 e. The molecule has 3 rings (SSSR count). The molecule has 1 aliphatic rings. The van der Waals surface area contributed by atoms with Crippen molar-refractivity contribution in [2.75, 3.05) is 18.2 Å². The number of benzene rings is 1. The number of anilines is 1. The fourth-order valence-corrected chi connectivity index (χ4v) is 4.32. The number of amides is 1. The Morgan fingerprint density at radius 3 is 2.67 bits per heavy atom. The first-order valence-electron chi connectivity index (χ1n) is 9.74. The van der Waals surface area contributed by atoms with Gasteiger partial charge in [-0.3, -0.25) is 4.79 Å². The third-order valence-corrected chi connectivity index (χ3v) is 5.78. The summed E-state index contributed by atoms with van der Waals surface area (Å²) in [5.41, 5.74) is 2.14. The second-order valence-corrected chi connectivity index (χ2v) is 7.75. The van der Waals surface area contributed by atoms with Crippen LogP contribution < -0.4 is 5.32 Å². The molecule has 0 bridgehead atoms. The Morgan fingerprint density at radius 1 is 1.33 bits per heavy atom. The van der Waals surface area contributed by atoms with Crippen LogP contribution in [0.4, 0.5) is 5.82 Å². The number of imidazole rings is 1. The average molecular weight is 388 g/mol. The van der Waals surface area contributed by atoms with E-state index in [4.69, 9.17) is 9.72 Å². The Labute approximate surface area is 165 Å². The fraction of sp³-hybridized carbons (Fsp3) is 0.524. The van der Waals surface area contributed by atoms with Gasteiger partial charge in [-0.15, -0.1) is 0 Å². The van der Waals surface area contributed by atoms with Crippen LogP contribution in [0.1, 0.15) is 56.9 Å². The Hall–Kier alpha value is -1.79. The molecular formula is C21H29N3O2S. The molecule has 6 heteroatoms. The van der Waals surface area contributed by atoms with E-state index in [0.29, 0.717) is 19.0 Å². The van der Waals surface area contributed by atoms with Gasteiger partial charge in [0.25, 0.3) is 0 Å². The zero-order chi connectivity index (χ0) is 19.2. The summed E-state index contributed by atoms with van der Waals surface area (Å²) in [4.78, 5) is 17.5. The highest BCUT2D eigenvalue weighted by Gasteiger charge is 2.27. The zero-order valence-corrected chi connectivity index (χ0v) is 17.2. The van der Waals surface area contributed by atoms with E-state index in [9.17, 15) is 4.79 Å². The Kier molecular flexibility index (Phi) is 6.96. The molecule has 1 amide bonds. The van der Waals surface area contributed by atoms with E-state index < -0.39 is 0 Å². The second-order valence-electron chi connectivity index (χ2n) is 6.97. The van der Waals surface area contributed by atoms with Crippen molar-refractivity contribution in [3.63, 3.8) is 0 Å². The summed E-state index contributed by atoms with van der Waals surface area (Å²) in [5.74, 6) is 0.847. The maximum absolute atomic E-state index is 12.7. The number of hydrogen-bond donors (Lipinski definition) is 1. The highest BCUT2D eigenvalue weighted by Crippen LogP contribution is 2.33. The van der Waals surface area contributed by atoms with Crippen LogP contribution in [0, 0.1) is 5.92 Å². The van der Waals surface area contributed by atoms with Gasteiger partial charge in [0.2, 0.25) is 5.91 Å². The first kappa shape index (κ1) is 20.0. The number of nitrogens with one attached hydrogen (secondary N) is 1. The first-order valence-corrected chi connectivity index (χ1v) is 11.0. The van der Waals surface area contributed by atoms with Crippen molar-refractivity contribution in [3.05, 3.63) is 41.6 Å². The lowest BCUT2D eigenvalue weighted by atomic mass is 10.1. The summed E-state index contributed by atoms with van der Waals surface area (Å²) < 4.78 is 8.06. The number of carbonyl (C=O) groups is 1. The molecule has 1 atom stereocenters. The molecule has 27 heavy (non-hydrogen) atoms. The van der Waals surface area contributed by atoms with Gasteiger partial charge in [0.05, 0.1) is 11.8 Å². The van der Waals surface area contributed by atoms with E-state index in [-0.39, 0.29) is 17.9 Å². The average Bonchev–Trinajstić information content (AvgIpc) is 3.31. The Bertz CT molecular complexity index is 754. The summed E-state index contributed by atoms with van der Waals surface area (Å²) in [6, 6.07) is 10.3. The van der Waals surface area contributed by atoms with Crippen LogP contribution in [0.25, 0.3) is 0 Å². The monoisotopic (exact) mass is 387 g/mol. The van der Waals surface area contributed by atoms with Gasteiger partial charge in [0.15, 0.2) is 11.0 Å². The lowest BCUT2D eigenvalue weighted by Gasteiger charge is -2.18. The minimum atomic E-state index is -0.147. The van der Waals surface area contributed by atoms with Crippen molar-refractivity contribution in [2.45, 2.75) is 57.3 Å². The van der Waals surface area contributed by atoms with E-state index in [1.165, 1.54) is 5.56 Å². The van der Waals surface area contributed by atoms with Gasteiger partial charge in [-0.05, 0) is 38.5 Å². The smallest absolute Gasteiger partial charge is 0.228 e. The molecule has 0 spiro atoms. The lowest BCUT2D eigenvalue weighted by Crippen LogP contribution is -2.22. The van der Waals surface area contributed by atoms with Gasteiger partial charge in [-0.25, -0.2) is 4.98 Å². The van der Waals surface area contributed by atoms with E-state index in [2.05, 4.69) is 22.0 Å². The van der Waals surface area contributed by atoms with Gasteiger partial charge < -0.3 is 14.6 Å². The summed E-state index contributed by atoms with van der Waals surface area (Å²) in [6.07, 6.45) is 6.09. The number of aromatic nitrogens is 2. The molecule has 1 heterocycles. The normalized spacial score (nSPS) is 15.8. The van der Waals surface area contributed by atoms with Gasteiger partial charge >= 0.3 is 0 Å². The molecule has 5 nitrogen and oxygen atoms in total. The number of thioether (sulfide) groups is 1. The van der Waals surface area contributed by atoms with Crippen molar-refractivity contribution in [1.82, 2.24) is 9.55 Å². The number of rotatable bonds is 8. The topological polar surface area (TPSA) is 56.1 Å². The van der Waals surface area contributed by atoms with Gasteiger partial charge in [-0.1, -0.05) is 54.9 Å². The summed E-state index contributed by atoms with van der Waals surface area (Å²) in [7, 11) is 0. The quantitative estimate of drug-likeness (QED) is 0.656. The number of carbonyl (C=O) groups excluding carboxylic acids is 1. The van der Waals surface area contributed by atoms with Crippen LogP contribution >= 0.6 is 11.8 Å². The fourth-order valence-electron chi connectivity index (χ4n) is 3.76. The molecule has 1 saturated carbocycles. The number of hydrogen-bond acceptors (Lipinski definition) is 4. The molecule has 0 aliphatic heterocycles. The van der Waals surface area contributed by atoms with Gasteiger partial charge in [0.1, 0.15) is 0 Å². The zero-order valence-electron chi connectivity index (χ0n) is 16.4. The molecule has 1 N–H and O–H groups in total. The van der Waals surface area contributed by atoms with Crippen molar-refractivity contribution < 1.29 is 9.53 Å². The predicted molar refractivity (Wildman–Crippen MR) is 110 cm³/mol. The molecule has 1 aromatic heterocycles. The maximum atomic E-state index is 12.7. The largest absolute Gasteiger partial charge is 0.372 e. The summed E-state index contributed by atoms with van der Waals surface area (Å²) in [5, 5.41) is 4.00.